The van der Waals surface area contributed by atoms with Gasteiger partial charge in [0.05, 0.1) is 30.2 Å². The van der Waals surface area contributed by atoms with Crippen molar-refractivity contribution in [1.29, 1.82) is 0 Å². The SMILES string of the molecule is Cc1ccc(NC(=O)CSc2nnc(-c3ccoc3C)n2C[C@H]2CCCO2)cc1. The second kappa shape index (κ2) is 8.84. The fourth-order valence-corrected chi connectivity index (χ4v) is 4.08. The molecule has 4 rings (SSSR count). The number of carbonyl (C=O) groups is 1. The molecule has 0 aliphatic carbocycles. The molecule has 3 aromatic rings. The number of thioether (sulfide) groups is 1. The van der Waals surface area contributed by atoms with Gasteiger partial charge in [0.2, 0.25) is 5.91 Å². The van der Waals surface area contributed by atoms with Crippen LogP contribution in [0.15, 0.2) is 46.2 Å². The van der Waals surface area contributed by atoms with Crippen LogP contribution in [-0.2, 0) is 16.1 Å². The molecular weight excluding hydrogens is 388 g/mol. The molecule has 1 atom stereocenters. The number of carbonyl (C=O) groups excluding carboxylic acids is 1. The van der Waals surface area contributed by atoms with E-state index in [1.54, 1.807) is 6.26 Å². The van der Waals surface area contributed by atoms with Gasteiger partial charge >= 0.3 is 0 Å². The largest absolute Gasteiger partial charge is 0.469 e. The molecular formula is C21H24N4O3S. The number of benzene rings is 1. The van der Waals surface area contributed by atoms with Gasteiger partial charge in [0, 0.05) is 12.3 Å². The standard InChI is InChI=1S/C21H24N4O3S/c1-14-5-7-16(8-6-14)22-19(26)13-29-21-24-23-20(18-9-11-27-15(18)2)25(21)12-17-4-3-10-28-17/h5-9,11,17H,3-4,10,12-13H2,1-2H3,(H,22,26)/t17-/m1/s1. The van der Waals surface area contributed by atoms with Crippen molar-refractivity contribution in [2.75, 3.05) is 17.7 Å². The van der Waals surface area contributed by atoms with Crippen LogP contribution in [0.2, 0.25) is 0 Å². The summed E-state index contributed by atoms with van der Waals surface area (Å²) in [5.41, 5.74) is 2.85. The number of aryl methyl sites for hydroxylation is 2. The normalized spacial score (nSPS) is 16.3. The van der Waals surface area contributed by atoms with E-state index in [0.29, 0.717) is 11.7 Å². The monoisotopic (exact) mass is 412 g/mol. The van der Waals surface area contributed by atoms with Gasteiger partial charge in [0.25, 0.3) is 0 Å². The molecule has 0 bridgehead atoms. The summed E-state index contributed by atoms with van der Waals surface area (Å²) in [6.45, 7) is 5.37. The van der Waals surface area contributed by atoms with E-state index in [9.17, 15) is 4.79 Å². The predicted molar refractivity (Wildman–Crippen MR) is 112 cm³/mol. The third-order valence-corrected chi connectivity index (χ3v) is 5.86. The summed E-state index contributed by atoms with van der Waals surface area (Å²) in [4.78, 5) is 12.4. The van der Waals surface area contributed by atoms with Crippen LogP contribution < -0.4 is 5.32 Å². The van der Waals surface area contributed by atoms with Gasteiger partial charge in [0.1, 0.15) is 5.76 Å². The van der Waals surface area contributed by atoms with Crippen molar-refractivity contribution >= 4 is 23.4 Å². The third kappa shape index (κ3) is 4.71. The first kappa shape index (κ1) is 19.7. The lowest BCUT2D eigenvalue weighted by atomic mass is 10.2. The lowest BCUT2D eigenvalue weighted by Crippen LogP contribution is -2.18. The minimum atomic E-state index is -0.0773. The molecule has 1 N–H and O–H groups in total. The fourth-order valence-electron chi connectivity index (χ4n) is 3.33. The molecule has 1 saturated heterocycles. The number of hydrogen-bond donors (Lipinski definition) is 1. The van der Waals surface area contributed by atoms with Crippen molar-refractivity contribution in [1.82, 2.24) is 14.8 Å². The maximum absolute atomic E-state index is 12.4. The summed E-state index contributed by atoms with van der Waals surface area (Å²) >= 11 is 1.38. The summed E-state index contributed by atoms with van der Waals surface area (Å²) in [6.07, 6.45) is 3.86. The number of hydrogen-bond acceptors (Lipinski definition) is 6. The van der Waals surface area contributed by atoms with Crippen LogP contribution >= 0.6 is 11.8 Å². The van der Waals surface area contributed by atoms with Gasteiger partial charge in [-0.3, -0.25) is 9.36 Å². The number of rotatable bonds is 7. The number of aromatic nitrogens is 3. The molecule has 29 heavy (non-hydrogen) atoms. The highest BCUT2D eigenvalue weighted by Crippen LogP contribution is 2.29. The lowest BCUT2D eigenvalue weighted by Gasteiger charge is -2.14. The van der Waals surface area contributed by atoms with Gasteiger partial charge in [-0.05, 0) is 44.9 Å². The van der Waals surface area contributed by atoms with Crippen molar-refractivity contribution in [3.63, 3.8) is 0 Å². The summed E-state index contributed by atoms with van der Waals surface area (Å²) in [6, 6.07) is 9.64. The average Bonchev–Trinajstić information content (AvgIpc) is 3.44. The van der Waals surface area contributed by atoms with Gasteiger partial charge in [0.15, 0.2) is 11.0 Å². The molecule has 1 fully saturated rings. The Kier molecular flexibility index (Phi) is 6.01. The predicted octanol–water partition coefficient (Wildman–Crippen LogP) is 4.06. The third-order valence-electron chi connectivity index (χ3n) is 4.89. The summed E-state index contributed by atoms with van der Waals surface area (Å²) < 4.78 is 13.3. The van der Waals surface area contributed by atoms with E-state index < -0.39 is 0 Å². The average molecular weight is 413 g/mol. The number of furan rings is 1. The summed E-state index contributed by atoms with van der Waals surface area (Å²) in [7, 11) is 0. The van der Waals surface area contributed by atoms with E-state index in [4.69, 9.17) is 9.15 Å². The molecule has 0 spiro atoms. The smallest absolute Gasteiger partial charge is 0.234 e. The van der Waals surface area contributed by atoms with Crippen LogP contribution in [0.25, 0.3) is 11.4 Å². The van der Waals surface area contributed by atoms with E-state index in [2.05, 4.69) is 15.5 Å². The molecule has 3 heterocycles. The molecule has 1 aliphatic rings. The Hall–Kier alpha value is -2.58. The Labute approximate surface area is 173 Å². The van der Waals surface area contributed by atoms with Crippen molar-refractivity contribution in [3.8, 4) is 11.4 Å². The highest BCUT2D eigenvalue weighted by molar-refractivity contribution is 7.99. The molecule has 1 aliphatic heterocycles. The van der Waals surface area contributed by atoms with Gasteiger partial charge in [-0.1, -0.05) is 29.5 Å². The second-order valence-corrected chi connectivity index (χ2v) is 8.09. The number of nitrogens with zero attached hydrogens (tertiary/aromatic N) is 3. The number of ether oxygens (including phenoxy) is 1. The van der Waals surface area contributed by atoms with Crippen LogP contribution in [0.4, 0.5) is 5.69 Å². The number of nitrogens with one attached hydrogen (secondary N) is 1. The zero-order chi connectivity index (χ0) is 20.2. The van der Waals surface area contributed by atoms with Gasteiger partial charge < -0.3 is 14.5 Å². The zero-order valence-electron chi connectivity index (χ0n) is 16.6. The topological polar surface area (TPSA) is 82.2 Å². The minimum Gasteiger partial charge on any atom is -0.469 e. The first-order valence-corrected chi connectivity index (χ1v) is 10.7. The highest BCUT2D eigenvalue weighted by atomic mass is 32.2. The Bertz CT molecular complexity index is 974. The van der Waals surface area contributed by atoms with Gasteiger partial charge in [-0.25, -0.2) is 0 Å². The van der Waals surface area contributed by atoms with E-state index >= 15 is 0 Å². The van der Waals surface area contributed by atoms with Crippen molar-refractivity contribution in [2.24, 2.45) is 0 Å². The van der Waals surface area contributed by atoms with E-state index in [1.165, 1.54) is 11.8 Å². The molecule has 152 valence electrons. The summed E-state index contributed by atoms with van der Waals surface area (Å²) in [5, 5.41) is 12.3. The Morgan fingerprint density at radius 3 is 2.76 bits per heavy atom. The Morgan fingerprint density at radius 2 is 2.07 bits per heavy atom. The second-order valence-electron chi connectivity index (χ2n) is 7.15. The van der Waals surface area contributed by atoms with Crippen LogP contribution in [0.1, 0.15) is 24.2 Å². The fraction of sp³-hybridized carbons (Fsp3) is 0.381. The Balaban J connectivity index is 1.48. The molecule has 0 radical (unpaired) electrons. The van der Waals surface area contributed by atoms with Gasteiger partial charge in [-0.15, -0.1) is 10.2 Å². The van der Waals surface area contributed by atoms with E-state index in [0.717, 1.165) is 47.8 Å². The van der Waals surface area contributed by atoms with Gasteiger partial charge in [-0.2, -0.15) is 0 Å². The minimum absolute atomic E-state index is 0.0773. The quantitative estimate of drug-likeness (QED) is 0.589. The molecule has 1 amide bonds. The Morgan fingerprint density at radius 1 is 1.24 bits per heavy atom. The molecule has 8 heteroatoms. The van der Waals surface area contributed by atoms with Crippen LogP contribution in [-0.4, -0.2) is 39.1 Å². The summed E-state index contributed by atoms with van der Waals surface area (Å²) in [5.74, 6) is 1.71. The zero-order valence-corrected chi connectivity index (χ0v) is 17.4. The highest BCUT2D eigenvalue weighted by Gasteiger charge is 2.23. The molecule has 0 unspecified atom stereocenters. The number of anilines is 1. The van der Waals surface area contributed by atoms with Crippen LogP contribution in [0, 0.1) is 13.8 Å². The van der Waals surface area contributed by atoms with E-state index in [-0.39, 0.29) is 17.8 Å². The molecule has 2 aromatic heterocycles. The molecule has 7 nitrogen and oxygen atoms in total. The lowest BCUT2D eigenvalue weighted by molar-refractivity contribution is -0.113. The molecule has 1 aromatic carbocycles. The van der Waals surface area contributed by atoms with Crippen molar-refractivity contribution in [3.05, 3.63) is 47.9 Å². The van der Waals surface area contributed by atoms with E-state index in [1.807, 2.05) is 48.7 Å². The van der Waals surface area contributed by atoms with Crippen molar-refractivity contribution in [2.45, 2.75) is 44.5 Å². The first-order valence-electron chi connectivity index (χ1n) is 9.69. The maximum atomic E-state index is 12.4. The maximum Gasteiger partial charge on any atom is 0.234 e. The number of amides is 1. The van der Waals surface area contributed by atoms with Crippen LogP contribution in [0.3, 0.4) is 0 Å². The first-order chi connectivity index (χ1) is 14.1. The molecule has 0 saturated carbocycles. The van der Waals surface area contributed by atoms with Crippen LogP contribution in [0.5, 0.6) is 0 Å². The van der Waals surface area contributed by atoms with Crippen molar-refractivity contribution < 1.29 is 13.9 Å².